The number of amides is 1. The van der Waals surface area contributed by atoms with Gasteiger partial charge in [-0.2, -0.15) is 0 Å². The number of carbonyl (C=O) groups is 2. The summed E-state index contributed by atoms with van der Waals surface area (Å²) in [6.45, 7) is 6.60. The van der Waals surface area contributed by atoms with Crippen molar-refractivity contribution in [2.24, 2.45) is 0 Å². The highest BCUT2D eigenvalue weighted by atomic mass is 16.6. The summed E-state index contributed by atoms with van der Waals surface area (Å²) in [6, 6.07) is 0.658. The average molecular weight is 323 g/mol. The topological polar surface area (TPSA) is 112 Å². The minimum absolute atomic E-state index is 0.0720. The summed E-state index contributed by atoms with van der Waals surface area (Å²) in [7, 11) is 0. The summed E-state index contributed by atoms with van der Waals surface area (Å²) in [5.41, 5.74) is -0.713. The zero-order valence-electron chi connectivity index (χ0n) is 13.4. The second-order valence-electron chi connectivity index (χ2n) is 6.40. The summed E-state index contributed by atoms with van der Waals surface area (Å²) in [6.07, 6.45) is 0.937. The lowest BCUT2D eigenvalue weighted by atomic mass is 10.0. The van der Waals surface area contributed by atoms with E-state index in [1.807, 2.05) is 0 Å². The number of carboxylic acids is 1. The minimum Gasteiger partial charge on any atom is -0.478 e. The van der Waals surface area contributed by atoms with Crippen LogP contribution in [0.25, 0.3) is 0 Å². The van der Waals surface area contributed by atoms with Crippen LogP contribution in [0.2, 0.25) is 0 Å². The van der Waals surface area contributed by atoms with Crippen LogP contribution in [0.3, 0.4) is 0 Å². The molecule has 126 valence electrons. The molecule has 0 spiro atoms. The summed E-state index contributed by atoms with van der Waals surface area (Å²) < 4.78 is 5.34. The highest BCUT2D eigenvalue weighted by molar-refractivity contribution is 5.89. The summed E-state index contributed by atoms with van der Waals surface area (Å²) in [5.74, 6) is -1.18. The van der Waals surface area contributed by atoms with Gasteiger partial charge in [-0.15, -0.1) is 0 Å². The molecule has 1 amide bonds. The predicted molar refractivity (Wildman–Crippen MR) is 82.6 cm³/mol. The Bertz CT molecular complexity index is 662. The van der Waals surface area contributed by atoms with Crippen molar-refractivity contribution >= 4 is 12.1 Å². The van der Waals surface area contributed by atoms with Gasteiger partial charge in [0.15, 0.2) is 0 Å². The standard InChI is InChI=1S/C15H21N3O5/c1-15(2,3)23-14(22)18-5-4-16-11(8-18)10-7-17-12(19)6-9(10)13(20)21/h6-7,11,16H,4-5,8H2,1-3H3,(H,17,19)(H,20,21). The molecule has 1 aromatic heterocycles. The van der Waals surface area contributed by atoms with Crippen LogP contribution in [0.1, 0.15) is 42.7 Å². The lowest BCUT2D eigenvalue weighted by Crippen LogP contribution is -2.50. The largest absolute Gasteiger partial charge is 0.478 e. The Morgan fingerprint density at radius 1 is 1.39 bits per heavy atom. The number of rotatable bonds is 2. The van der Waals surface area contributed by atoms with Crippen LogP contribution in [0.5, 0.6) is 0 Å². The lowest BCUT2D eigenvalue weighted by molar-refractivity contribution is 0.0195. The summed E-state index contributed by atoms with van der Waals surface area (Å²) in [4.78, 5) is 38.8. The Morgan fingerprint density at radius 2 is 2.09 bits per heavy atom. The third-order valence-electron chi connectivity index (χ3n) is 3.39. The summed E-state index contributed by atoms with van der Waals surface area (Å²) >= 11 is 0. The third-order valence-corrected chi connectivity index (χ3v) is 3.39. The molecule has 0 aliphatic carbocycles. The molecular weight excluding hydrogens is 302 g/mol. The van der Waals surface area contributed by atoms with Crippen molar-refractivity contribution in [3.05, 3.63) is 33.7 Å². The van der Waals surface area contributed by atoms with Crippen LogP contribution < -0.4 is 10.9 Å². The zero-order chi connectivity index (χ0) is 17.2. The molecule has 0 radical (unpaired) electrons. The number of piperazine rings is 1. The van der Waals surface area contributed by atoms with Crippen LogP contribution in [0.15, 0.2) is 17.1 Å². The molecule has 0 bridgehead atoms. The Balaban J connectivity index is 2.20. The van der Waals surface area contributed by atoms with E-state index in [9.17, 15) is 19.5 Å². The van der Waals surface area contributed by atoms with Crippen LogP contribution in [0.4, 0.5) is 4.79 Å². The molecule has 3 N–H and O–H groups in total. The summed E-state index contributed by atoms with van der Waals surface area (Å²) in [5, 5.41) is 12.4. The Hall–Kier alpha value is -2.35. The Kier molecular flexibility index (Phi) is 4.74. The number of pyridine rings is 1. The highest BCUT2D eigenvalue weighted by Gasteiger charge is 2.30. The maximum Gasteiger partial charge on any atom is 0.410 e. The van der Waals surface area contributed by atoms with Gasteiger partial charge in [0.1, 0.15) is 5.60 Å². The maximum absolute atomic E-state index is 12.2. The first-order chi connectivity index (χ1) is 10.7. The molecule has 2 heterocycles. The molecule has 1 aliphatic heterocycles. The van der Waals surface area contributed by atoms with Gasteiger partial charge in [-0.1, -0.05) is 0 Å². The number of aromatic nitrogens is 1. The number of hydrogen-bond donors (Lipinski definition) is 3. The van der Waals surface area contributed by atoms with Gasteiger partial charge in [0.25, 0.3) is 0 Å². The van der Waals surface area contributed by atoms with Crippen molar-refractivity contribution in [3.63, 3.8) is 0 Å². The molecule has 1 aliphatic rings. The number of nitrogens with zero attached hydrogens (tertiary/aromatic N) is 1. The van der Waals surface area contributed by atoms with Crippen LogP contribution in [-0.2, 0) is 4.74 Å². The van der Waals surface area contributed by atoms with Crippen molar-refractivity contribution < 1.29 is 19.4 Å². The van der Waals surface area contributed by atoms with Gasteiger partial charge in [0, 0.05) is 37.5 Å². The fourth-order valence-electron chi connectivity index (χ4n) is 2.41. The van der Waals surface area contributed by atoms with Gasteiger partial charge in [-0.25, -0.2) is 9.59 Å². The molecular formula is C15H21N3O5. The number of aromatic carboxylic acids is 1. The van der Waals surface area contributed by atoms with Gasteiger partial charge < -0.3 is 25.0 Å². The number of carbonyl (C=O) groups excluding carboxylic acids is 1. The second-order valence-corrected chi connectivity index (χ2v) is 6.40. The average Bonchev–Trinajstić information content (AvgIpc) is 2.45. The van der Waals surface area contributed by atoms with Gasteiger partial charge in [-0.3, -0.25) is 4.79 Å². The normalized spacial score (nSPS) is 18.6. The molecule has 2 rings (SSSR count). The minimum atomic E-state index is -1.18. The fourth-order valence-corrected chi connectivity index (χ4v) is 2.41. The first kappa shape index (κ1) is 17.0. The highest BCUT2D eigenvalue weighted by Crippen LogP contribution is 2.21. The van der Waals surface area contributed by atoms with Crippen molar-refractivity contribution in [3.8, 4) is 0 Å². The van der Waals surface area contributed by atoms with Crippen molar-refractivity contribution in [2.45, 2.75) is 32.4 Å². The number of aromatic amines is 1. The van der Waals surface area contributed by atoms with Gasteiger partial charge >= 0.3 is 12.1 Å². The number of ether oxygens (including phenoxy) is 1. The zero-order valence-corrected chi connectivity index (χ0v) is 13.4. The van der Waals surface area contributed by atoms with Crippen LogP contribution >= 0.6 is 0 Å². The molecule has 23 heavy (non-hydrogen) atoms. The van der Waals surface area contributed by atoms with Crippen LogP contribution in [0, 0.1) is 0 Å². The van der Waals surface area contributed by atoms with E-state index in [0.717, 1.165) is 6.07 Å². The Morgan fingerprint density at radius 3 is 2.70 bits per heavy atom. The van der Waals surface area contributed by atoms with Crippen molar-refractivity contribution in [1.82, 2.24) is 15.2 Å². The van der Waals surface area contributed by atoms with E-state index in [1.54, 1.807) is 20.8 Å². The number of hydrogen-bond acceptors (Lipinski definition) is 5. The molecule has 1 unspecified atom stereocenters. The molecule has 1 fully saturated rings. The number of H-pyrrole nitrogens is 1. The van der Waals surface area contributed by atoms with E-state index in [2.05, 4.69) is 10.3 Å². The van der Waals surface area contributed by atoms with E-state index >= 15 is 0 Å². The molecule has 8 nitrogen and oxygen atoms in total. The van der Waals surface area contributed by atoms with E-state index in [0.29, 0.717) is 18.7 Å². The van der Waals surface area contributed by atoms with Crippen molar-refractivity contribution in [1.29, 1.82) is 0 Å². The van der Waals surface area contributed by atoms with E-state index < -0.39 is 23.2 Å². The van der Waals surface area contributed by atoms with Gasteiger partial charge in [0.2, 0.25) is 5.56 Å². The molecule has 0 aromatic carbocycles. The first-order valence-electron chi connectivity index (χ1n) is 7.34. The molecule has 1 saturated heterocycles. The molecule has 8 heteroatoms. The number of nitrogens with one attached hydrogen (secondary N) is 2. The van der Waals surface area contributed by atoms with E-state index in [4.69, 9.17) is 4.74 Å². The first-order valence-corrected chi connectivity index (χ1v) is 7.34. The van der Waals surface area contributed by atoms with E-state index in [1.165, 1.54) is 11.1 Å². The van der Waals surface area contributed by atoms with Crippen LogP contribution in [-0.4, -0.2) is 52.3 Å². The quantitative estimate of drug-likeness (QED) is 0.747. The fraction of sp³-hybridized carbons (Fsp3) is 0.533. The van der Waals surface area contributed by atoms with Crippen molar-refractivity contribution in [2.75, 3.05) is 19.6 Å². The number of carboxylic acid groups (broad SMARTS) is 1. The smallest absolute Gasteiger partial charge is 0.410 e. The lowest BCUT2D eigenvalue weighted by Gasteiger charge is -2.35. The van der Waals surface area contributed by atoms with E-state index in [-0.39, 0.29) is 18.2 Å². The maximum atomic E-state index is 12.2. The third kappa shape index (κ3) is 4.32. The molecule has 1 atom stereocenters. The molecule has 1 aromatic rings. The second kappa shape index (κ2) is 6.41. The van der Waals surface area contributed by atoms with Gasteiger partial charge in [0.05, 0.1) is 11.6 Å². The SMILES string of the molecule is CC(C)(C)OC(=O)N1CCNC(c2c[nH]c(=O)cc2C(=O)O)C1. The molecule has 0 saturated carbocycles. The Labute approximate surface area is 133 Å². The monoisotopic (exact) mass is 323 g/mol. The van der Waals surface area contributed by atoms with Gasteiger partial charge in [-0.05, 0) is 20.8 Å². The predicted octanol–water partition coefficient (Wildman–Crippen LogP) is 0.954.